The van der Waals surface area contributed by atoms with Crippen molar-refractivity contribution in [1.82, 2.24) is 0 Å². The molecule has 0 saturated heterocycles. The molecule has 0 aliphatic heterocycles. The van der Waals surface area contributed by atoms with Crippen LogP contribution in [0.15, 0.2) is 91.0 Å². The minimum atomic E-state index is 0.333. The Morgan fingerprint density at radius 3 is 1.00 bits per heavy atom. The third-order valence-corrected chi connectivity index (χ3v) is 3.04. The van der Waals surface area contributed by atoms with E-state index in [9.17, 15) is 0 Å². The molecule has 2 nitrogen and oxygen atoms in total. The Balaban J connectivity index is 0.000000433. The van der Waals surface area contributed by atoms with Crippen molar-refractivity contribution in [2.24, 2.45) is 5.73 Å². The van der Waals surface area contributed by atoms with Gasteiger partial charge in [0.25, 0.3) is 0 Å². The molecular weight excluding hydrogens is 280 g/mol. The molecule has 0 heterocycles. The first-order chi connectivity index (χ1) is 11.2. The van der Waals surface area contributed by atoms with Gasteiger partial charge in [-0.15, -0.1) is 0 Å². The average molecular weight is 304 g/mol. The van der Waals surface area contributed by atoms with E-state index in [0.29, 0.717) is 6.04 Å². The van der Waals surface area contributed by atoms with Gasteiger partial charge in [0.1, 0.15) is 0 Å². The second kappa shape index (κ2) is 8.76. The molecule has 118 valence electrons. The summed E-state index contributed by atoms with van der Waals surface area (Å²) in [5.41, 5.74) is 8.61. The first kappa shape index (κ1) is 16.8. The van der Waals surface area contributed by atoms with E-state index in [1.165, 1.54) is 17.1 Å². The Bertz CT molecular complexity index is 567. The van der Waals surface area contributed by atoms with E-state index >= 15 is 0 Å². The third kappa shape index (κ3) is 5.28. The van der Waals surface area contributed by atoms with Crippen molar-refractivity contribution in [1.29, 1.82) is 0 Å². The predicted octanol–water partition coefficient (Wildman–Crippen LogP) is 5.51. The lowest BCUT2D eigenvalue weighted by molar-refractivity contribution is 0.834. The Morgan fingerprint density at radius 1 is 0.565 bits per heavy atom. The highest BCUT2D eigenvalue weighted by Gasteiger charge is 2.10. The molecule has 0 bridgehead atoms. The molecule has 3 rings (SSSR count). The van der Waals surface area contributed by atoms with Crippen molar-refractivity contribution < 1.29 is 0 Å². The van der Waals surface area contributed by atoms with E-state index in [-0.39, 0.29) is 0 Å². The molecule has 3 aromatic rings. The summed E-state index contributed by atoms with van der Waals surface area (Å²) in [6.45, 7) is 3.89. The fourth-order valence-corrected chi connectivity index (χ4v) is 2.18. The number of hydrogen-bond donors (Lipinski definition) is 1. The number of hydrogen-bond acceptors (Lipinski definition) is 2. The van der Waals surface area contributed by atoms with Gasteiger partial charge in [-0.3, -0.25) is 0 Å². The minimum absolute atomic E-state index is 0.333. The van der Waals surface area contributed by atoms with Crippen LogP contribution in [0.4, 0.5) is 17.1 Å². The fourth-order valence-electron chi connectivity index (χ4n) is 2.18. The third-order valence-electron chi connectivity index (χ3n) is 3.04. The zero-order chi connectivity index (χ0) is 16.5. The molecule has 0 aliphatic carbocycles. The summed E-state index contributed by atoms with van der Waals surface area (Å²) in [6, 6.07) is 31.6. The van der Waals surface area contributed by atoms with Crippen LogP contribution in [0.2, 0.25) is 0 Å². The molecule has 0 aromatic heterocycles. The van der Waals surface area contributed by atoms with Crippen LogP contribution in [-0.2, 0) is 0 Å². The second-order valence-electron chi connectivity index (χ2n) is 5.59. The van der Waals surface area contributed by atoms with Crippen molar-refractivity contribution in [3.8, 4) is 0 Å². The number of benzene rings is 3. The molecule has 0 atom stereocenters. The van der Waals surface area contributed by atoms with Gasteiger partial charge in [0.2, 0.25) is 0 Å². The van der Waals surface area contributed by atoms with Gasteiger partial charge in [-0.2, -0.15) is 0 Å². The zero-order valence-corrected chi connectivity index (χ0v) is 13.8. The smallest absolute Gasteiger partial charge is 0.0461 e. The molecule has 3 aromatic carbocycles. The van der Waals surface area contributed by atoms with Crippen LogP contribution >= 0.6 is 0 Å². The Morgan fingerprint density at radius 2 is 0.783 bits per heavy atom. The van der Waals surface area contributed by atoms with Gasteiger partial charge in [0.05, 0.1) is 0 Å². The molecule has 0 saturated carbocycles. The Hall–Kier alpha value is -2.58. The zero-order valence-electron chi connectivity index (χ0n) is 13.8. The average Bonchev–Trinajstić information content (AvgIpc) is 2.58. The first-order valence-electron chi connectivity index (χ1n) is 7.89. The number of anilines is 3. The summed E-state index contributed by atoms with van der Waals surface area (Å²) in [7, 11) is 0. The van der Waals surface area contributed by atoms with E-state index < -0.39 is 0 Å². The standard InChI is InChI=1S/C18H15N.C3H9N/c1-4-10-16(11-5-1)19(17-12-6-2-7-13-17)18-14-8-3-9-15-18;1-3(2)4/h1-15H;3H,4H2,1-2H3. The van der Waals surface area contributed by atoms with Crippen molar-refractivity contribution in [3.05, 3.63) is 91.0 Å². The first-order valence-corrected chi connectivity index (χ1v) is 7.89. The van der Waals surface area contributed by atoms with Crippen LogP contribution in [-0.4, -0.2) is 6.04 Å². The van der Waals surface area contributed by atoms with Crippen molar-refractivity contribution >= 4 is 17.1 Å². The van der Waals surface area contributed by atoms with Crippen molar-refractivity contribution in [2.75, 3.05) is 4.90 Å². The molecule has 2 heteroatoms. The van der Waals surface area contributed by atoms with Gasteiger partial charge >= 0.3 is 0 Å². The highest BCUT2D eigenvalue weighted by Crippen LogP contribution is 2.33. The Labute approximate surface area is 139 Å². The van der Waals surface area contributed by atoms with Gasteiger partial charge < -0.3 is 10.6 Å². The lowest BCUT2D eigenvalue weighted by atomic mass is 10.2. The molecular formula is C21H24N2. The quantitative estimate of drug-likeness (QED) is 0.691. The van der Waals surface area contributed by atoms with E-state index in [0.717, 1.165) is 0 Å². The molecule has 2 N–H and O–H groups in total. The van der Waals surface area contributed by atoms with Gasteiger partial charge in [0, 0.05) is 17.1 Å². The largest absolute Gasteiger partial charge is 0.328 e. The van der Waals surface area contributed by atoms with Crippen LogP contribution in [0.3, 0.4) is 0 Å². The summed E-state index contributed by atoms with van der Waals surface area (Å²) in [5.74, 6) is 0. The maximum atomic E-state index is 5.11. The van der Waals surface area contributed by atoms with Gasteiger partial charge in [0.15, 0.2) is 0 Å². The maximum absolute atomic E-state index is 5.11. The van der Waals surface area contributed by atoms with Crippen LogP contribution < -0.4 is 10.6 Å². The molecule has 0 unspecified atom stereocenters. The Kier molecular flexibility index (Phi) is 6.40. The number of nitrogens with zero attached hydrogens (tertiary/aromatic N) is 1. The van der Waals surface area contributed by atoms with Gasteiger partial charge in [-0.25, -0.2) is 0 Å². The molecule has 0 spiro atoms. The number of rotatable bonds is 3. The van der Waals surface area contributed by atoms with Crippen LogP contribution in [0.1, 0.15) is 13.8 Å². The predicted molar refractivity (Wildman–Crippen MR) is 100 cm³/mol. The SMILES string of the molecule is CC(C)N.c1ccc(N(c2ccccc2)c2ccccc2)cc1. The molecule has 0 aliphatic rings. The van der Waals surface area contributed by atoms with Crippen LogP contribution in [0, 0.1) is 0 Å². The monoisotopic (exact) mass is 304 g/mol. The summed E-state index contributed by atoms with van der Waals surface area (Å²) in [6.07, 6.45) is 0. The van der Waals surface area contributed by atoms with Crippen LogP contribution in [0.5, 0.6) is 0 Å². The lowest BCUT2D eigenvalue weighted by Crippen LogP contribution is -2.09. The summed E-state index contributed by atoms with van der Waals surface area (Å²) in [4.78, 5) is 2.25. The van der Waals surface area contributed by atoms with E-state index in [1.54, 1.807) is 0 Å². The number of nitrogens with two attached hydrogens (primary N) is 1. The lowest BCUT2D eigenvalue weighted by Gasteiger charge is -2.25. The number of para-hydroxylation sites is 3. The summed E-state index contributed by atoms with van der Waals surface area (Å²) in [5, 5.41) is 0. The minimum Gasteiger partial charge on any atom is -0.328 e. The summed E-state index contributed by atoms with van der Waals surface area (Å²) < 4.78 is 0. The van der Waals surface area contributed by atoms with Crippen molar-refractivity contribution in [3.63, 3.8) is 0 Å². The second-order valence-corrected chi connectivity index (χ2v) is 5.59. The topological polar surface area (TPSA) is 29.3 Å². The molecule has 23 heavy (non-hydrogen) atoms. The maximum Gasteiger partial charge on any atom is 0.0461 e. The highest BCUT2D eigenvalue weighted by molar-refractivity contribution is 5.76. The van der Waals surface area contributed by atoms with E-state index in [4.69, 9.17) is 5.73 Å². The van der Waals surface area contributed by atoms with Gasteiger partial charge in [-0.1, -0.05) is 68.4 Å². The molecule has 0 amide bonds. The van der Waals surface area contributed by atoms with E-state index in [1.807, 2.05) is 32.0 Å². The van der Waals surface area contributed by atoms with Crippen LogP contribution in [0.25, 0.3) is 0 Å². The normalized spacial score (nSPS) is 9.91. The van der Waals surface area contributed by atoms with Crippen molar-refractivity contribution in [2.45, 2.75) is 19.9 Å². The fraction of sp³-hybridized carbons (Fsp3) is 0.143. The summed E-state index contributed by atoms with van der Waals surface area (Å²) >= 11 is 0. The molecule has 0 fully saturated rings. The van der Waals surface area contributed by atoms with Gasteiger partial charge in [-0.05, 0) is 42.4 Å². The molecule has 0 radical (unpaired) electrons. The highest BCUT2D eigenvalue weighted by atomic mass is 15.1. The van der Waals surface area contributed by atoms with E-state index in [2.05, 4.69) is 77.7 Å².